The van der Waals surface area contributed by atoms with Gasteiger partial charge in [-0.05, 0) is 48.4 Å². The number of likely N-dealkylation sites (tertiary alicyclic amines) is 1. The van der Waals surface area contributed by atoms with E-state index in [0.717, 1.165) is 16.5 Å². The lowest BCUT2D eigenvalue weighted by atomic mass is 9.94. The first-order valence-corrected chi connectivity index (χ1v) is 13.1. The second kappa shape index (κ2) is 10.3. The Balaban J connectivity index is 1.37. The van der Waals surface area contributed by atoms with Crippen LogP contribution in [0.15, 0.2) is 36.7 Å². The average molecular weight is 523 g/mol. The third-order valence-electron chi connectivity index (χ3n) is 7.46. The summed E-state index contributed by atoms with van der Waals surface area (Å²) in [6.07, 6.45) is 3.26. The van der Waals surface area contributed by atoms with Crippen LogP contribution in [0, 0.1) is 5.92 Å². The van der Waals surface area contributed by atoms with Gasteiger partial charge < -0.3 is 25.0 Å². The number of aliphatic hydroxyl groups excluding tert-OH is 1. The number of hydrogen-bond donors (Lipinski definition) is 2. The zero-order valence-electron chi connectivity index (χ0n) is 22.3. The zero-order valence-corrected chi connectivity index (χ0v) is 22.3. The van der Waals surface area contributed by atoms with E-state index in [0.29, 0.717) is 50.1 Å². The van der Waals surface area contributed by atoms with Crippen LogP contribution in [0.2, 0.25) is 0 Å². The lowest BCUT2D eigenvalue weighted by Crippen LogP contribution is -2.52. The van der Waals surface area contributed by atoms with Gasteiger partial charge in [-0.1, -0.05) is 19.9 Å². The summed E-state index contributed by atoms with van der Waals surface area (Å²) in [6, 6.07) is 7.80. The molecule has 2 saturated heterocycles. The number of benzene rings is 1. The quantitative estimate of drug-likeness (QED) is 0.479. The van der Waals surface area contributed by atoms with Crippen molar-refractivity contribution in [1.82, 2.24) is 19.9 Å². The summed E-state index contributed by atoms with van der Waals surface area (Å²) >= 11 is 0. The lowest BCUT2D eigenvalue weighted by molar-refractivity contribution is -0.126. The van der Waals surface area contributed by atoms with Gasteiger partial charge in [-0.3, -0.25) is 4.79 Å². The van der Waals surface area contributed by atoms with Gasteiger partial charge >= 0.3 is 0 Å². The molecule has 3 aromatic rings. The Morgan fingerprint density at radius 3 is 2.76 bits per heavy atom. The number of nitrogens with zero attached hydrogens (tertiary/aromatic N) is 5. The fraction of sp³-hybridized carbons (Fsp3) is 0.500. The standard InChI is InChI=1S/C28H35FN6O3/c1-17(2)19-5-6-22(38-15-18-11-26(37)34(4)14-18)21-13-31-25(12-20(19)21)32-24-7-9-30-27(33-24)35-10-8-23(36)28(3,29)16-35/h5-7,9,12-13,17-18,23,36H,8,10-11,14-16H2,1-4H3,(H,30,31,32,33)/t18-,23+,28-/m0/s1. The van der Waals surface area contributed by atoms with E-state index >= 15 is 0 Å². The third-order valence-corrected chi connectivity index (χ3v) is 7.46. The van der Waals surface area contributed by atoms with Crippen molar-refractivity contribution >= 4 is 34.3 Å². The maximum absolute atomic E-state index is 14.7. The normalized spacial score (nSPS) is 23.9. The van der Waals surface area contributed by atoms with E-state index < -0.39 is 11.8 Å². The molecule has 38 heavy (non-hydrogen) atoms. The summed E-state index contributed by atoms with van der Waals surface area (Å²) in [4.78, 5) is 28.9. The van der Waals surface area contributed by atoms with E-state index in [4.69, 9.17) is 4.74 Å². The van der Waals surface area contributed by atoms with E-state index in [1.807, 2.05) is 19.2 Å². The highest BCUT2D eigenvalue weighted by Gasteiger charge is 2.39. The largest absolute Gasteiger partial charge is 0.493 e. The third kappa shape index (κ3) is 5.36. The number of anilines is 3. The van der Waals surface area contributed by atoms with Crippen LogP contribution >= 0.6 is 0 Å². The summed E-state index contributed by atoms with van der Waals surface area (Å²) < 4.78 is 20.9. The molecular formula is C28H35FN6O3. The molecule has 0 saturated carbocycles. The lowest BCUT2D eigenvalue weighted by Gasteiger charge is -2.38. The SMILES string of the molecule is CC(C)c1ccc(OC[C@H]2CC(=O)N(C)C2)c2cnc(Nc3ccnc(N4CC[C@@H](O)[C@@](C)(F)C4)n3)cc12. The minimum Gasteiger partial charge on any atom is -0.493 e. The van der Waals surface area contributed by atoms with Crippen LogP contribution in [0.1, 0.15) is 45.1 Å². The predicted molar refractivity (Wildman–Crippen MR) is 145 cm³/mol. The minimum absolute atomic E-state index is 0.0255. The molecule has 3 atom stereocenters. The number of amides is 1. The van der Waals surface area contributed by atoms with Gasteiger partial charge in [0.15, 0.2) is 5.67 Å². The molecule has 2 aliphatic heterocycles. The van der Waals surface area contributed by atoms with Crippen LogP contribution in [0.4, 0.5) is 22.0 Å². The van der Waals surface area contributed by atoms with Crippen LogP contribution in [0.3, 0.4) is 0 Å². The predicted octanol–water partition coefficient (Wildman–Crippen LogP) is 4.05. The monoisotopic (exact) mass is 522 g/mol. The Kier molecular flexibility index (Phi) is 7.09. The molecular weight excluding hydrogens is 487 g/mol. The first-order valence-electron chi connectivity index (χ1n) is 13.1. The Bertz CT molecular complexity index is 1330. The Morgan fingerprint density at radius 2 is 2.05 bits per heavy atom. The number of pyridine rings is 1. The molecule has 2 N–H and O–H groups in total. The Labute approximate surface area is 222 Å². The molecule has 4 heterocycles. The average Bonchev–Trinajstić information content (AvgIpc) is 3.20. The number of aliphatic hydroxyl groups is 1. The summed E-state index contributed by atoms with van der Waals surface area (Å²) in [5.41, 5.74) is -0.549. The van der Waals surface area contributed by atoms with Gasteiger partial charge in [0.1, 0.15) is 17.4 Å². The maximum Gasteiger partial charge on any atom is 0.227 e. The van der Waals surface area contributed by atoms with E-state index in [-0.39, 0.29) is 24.3 Å². The molecule has 0 aliphatic carbocycles. The molecule has 1 aromatic carbocycles. The van der Waals surface area contributed by atoms with Crippen LogP contribution in [0.25, 0.3) is 10.8 Å². The number of aromatic nitrogens is 3. The van der Waals surface area contributed by atoms with Crippen molar-refractivity contribution in [2.75, 3.05) is 43.5 Å². The van der Waals surface area contributed by atoms with Gasteiger partial charge in [-0.25, -0.2) is 14.4 Å². The van der Waals surface area contributed by atoms with Crippen molar-refractivity contribution in [1.29, 1.82) is 0 Å². The van der Waals surface area contributed by atoms with Crippen LogP contribution in [-0.4, -0.2) is 75.9 Å². The fourth-order valence-electron chi connectivity index (χ4n) is 5.22. The van der Waals surface area contributed by atoms with Crippen molar-refractivity contribution in [3.8, 4) is 5.75 Å². The highest BCUT2D eigenvalue weighted by atomic mass is 19.1. The number of carbonyl (C=O) groups excluding carboxylic acids is 1. The van der Waals surface area contributed by atoms with Crippen molar-refractivity contribution in [2.24, 2.45) is 5.92 Å². The van der Waals surface area contributed by atoms with E-state index in [9.17, 15) is 14.3 Å². The summed E-state index contributed by atoms with van der Waals surface area (Å²) in [5.74, 6) is 2.93. The molecule has 2 aromatic heterocycles. The number of fused-ring (bicyclic) bond motifs is 1. The van der Waals surface area contributed by atoms with Crippen LogP contribution in [0.5, 0.6) is 5.75 Å². The Hall–Kier alpha value is -3.53. The topological polar surface area (TPSA) is 104 Å². The smallest absolute Gasteiger partial charge is 0.227 e. The first-order chi connectivity index (χ1) is 18.1. The van der Waals surface area contributed by atoms with E-state index in [1.54, 1.807) is 28.3 Å². The molecule has 9 nitrogen and oxygen atoms in total. The first kappa shape index (κ1) is 26.1. The minimum atomic E-state index is -1.72. The molecule has 0 bridgehead atoms. The van der Waals surface area contributed by atoms with Gasteiger partial charge in [0.05, 0.1) is 19.3 Å². The number of carbonyl (C=O) groups is 1. The van der Waals surface area contributed by atoms with Crippen LogP contribution < -0.4 is 15.0 Å². The van der Waals surface area contributed by atoms with E-state index in [2.05, 4.69) is 40.2 Å². The molecule has 202 valence electrons. The second-order valence-corrected chi connectivity index (χ2v) is 10.9. The van der Waals surface area contributed by atoms with Gasteiger partial charge in [-0.2, -0.15) is 4.98 Å². The second-order valence-electron chi connectivity index (χ2n) is 10.9. The number of nitrogens with one attached hydrogen (secondary N) is 1. The van der Waals surface area contributed by atoms with Crippen molar-refractivity contribution in [3.63, 3.8) is 0 Å². The van der Waals surface area contributed by atoms with Gasteiger partial charge in [0, 0.05) is 50.3 Å². The number of hydrogen-bond acceptors (Lipinski definition) is 8. The summed E-state index contributed by atoms with van der Waals surface area (Å²) in [6.45, 7) is 7.38. The van der Waals surface area contributed by atoms with Crippen molar-refractivity contribution < 1.29 is 19.0 Å². The molecule has 2 aliphatic rings. The fourth-order valence-corrected chi connectivity index (χ4v) is 5.22. The van der Waals surface area contributed by atoms with Crippen LogP contribution in [-0.2, 0) is 4.79 Å². The highest BCUT2D eigenvalue weighted by Crippen LogP contribution is 2.34. The van der Waals surface area contributed by atoms with Crippen molar-refractivity contribution in [3.05, 3.63) is 42.2 Å². The summed E-state index contributed by atoms with van der Waals surface area (Å²) in [7, 11) is 1.82. The number of alkyl halides is 1. The number of halogens is 1. The number of piperidine rings is 1. The Morgan fingerprint density at radius 1 is 1.24 bits per heavy atom. The molecule has 0 radical (unpaired) electrons. The molecule has 10 heteroatoms. The maximum atomic E-state index is 14.7. The van der Waals surface area contributed by atoms with Gasteiger partial charge in [0.25, 0.3) is 0 Å². The molecule has 5 rings (SSSR count). The highest BCUT2D eigenvalue weighted by molar-refractivity contribution is 5.92. The van der Waals surface area contributed by atoms with E-state index in [1.165, 1.54) is 12.5 Å². The van der Waals surface area contributed by atoms with Crippen molar-refractivity contribution in [2.45, 2.75) is 51.3 Å². The molecule has 0 unspecified atom stereocenters. The molecule has 0 spiro atoms. The molecule has 2 fully saturated rings. The number of ether oxygens (including phenoxy) is 1. The number of rotatable bonds is 7. The van der Waals surface area contributed by atoms with Gasteiger partial charge in [0.2, 0.25) is 11.9 Å². The zero-order chi connectivity index (χ0) is 27.0. The van der Waals surface area contributed by atoms with Gasteiger partial charge in [-0.15, -0.1) is 0 Å². The molecule has 1 amide bonds. The summed E-state index contributed by atoms with van der Waals surface area (Å²) in [5, 5.41) is 15.1.